The molecule has 1 heterocycles. The second kappa shape index (κ2) is 7.56. The summed E-state index contributed by atoms with van der Waals surface area (Å²) in [5.41, 5.74) is 4.50. The summed E-state index contributed by atoms with van der Waals surface area (Å²) in [4.78, 5) is 8.37. The first kappa shape index (κ1) is 17.8. The molecule has 0 aliphatic carbocycles. The van der Waals surface area contributed by atoms with Crippen LogP contribution in [0.3, 0.4) is 0 Å². The molecule has 4 aromatic rings. The number of hydrogen-bond acceptors (Lipinski definition) is 3. The Hall–Kier alpha value is -3.60. The van der Waals surface area contributed by atoms with Gasteiger partial charge in [-0.2, -0.15) is 0 Å². The van der Waals surface area contributed by atoms with Crippen molar-refractivity contribution in [2.45, 2.75) is 6.92 Å². The Bertz CT molecular complexity index is 1110. The van der Waals surface area contributed by atoms with Crippen molar-refractivity contribution in [2.75, 3.05) is 0 Å². The SMILES string of the molecule is Cc1ccc(-c2ncco2)cc1-c1ccc(N=Cc2c(F)cccc2F)cc1. The highest BCUT2D eigenvalue weighted by atomic mass is 19.1. The van der Waals surface area contributed by atoms with Crippen molar-refractivity contribution in [1.29, 1.82) is 0 Å². The normalized spacial score (nSPS) is 11.2. The van der Waals surface area contributed by atoms with E-state index in [1.54, 1.807) is 12.5 Å². The van der Waals surface area contributed by atoms with Gasteiger partial charge in [0.05, 0.1) is 17.4 Å². The Morgan fingerprint density at radius 1 is 0.929 bits per heavy atom. The van der Waals surface area contributed by atoms with E-state index >= 15 is 0 Å². The Kier molecular flexibility index (Phi) is 4.81. The van der Waals surface area contributed by atoms with Gasteiger partial charge in [0.1, 0.15) is 17.9 Å². The maximum Gasteiger partial charge on any atom is 0.225 e. The summed E-state index contributed by atoms with van der Waals surface area (Å²) in [6, 6.07) is 17.2. The molecule has 5 heteroatoms. The summed E-state index contributed by atoms with van der Waals surface area (Å²) in [5, 5.41) is 0. The number of aliphatic imine (C=N–C) groups is 1. The molecule has 1 aromatic heterocycles. The first-order chi connectivity index (χ1) is 13.6. The third-order valence-corrected chi connectivity index (χ3v) is 4.44. The van der Waals surface area contributed by atoms with Gasteiger partial charge in [0.2, 0.25) is 5.89 Å². The molecule has 0 amide bonds. The zero-order valence-electron chi connectivity index (χ0n) is 15.1. The zero-order valence-corrected chi connectivity index (χ0v) is 15.1. The molecule has 3 nitrogen and oxygen atoms in total. The number of oxazole rings is 1. The summed E-state index contributed by atoms with van der Waals surface area (Å²) in [6.07, 6.45) is 4.36. The number of aryl methyl sites for hydroxylation is 1. The highest BCUT2D eigenvalue weighted by molar-refractivity contribution is 5.83. The molecule has 0 aliphatic heterocycles. The number of aromatic nitrogens is 1. The van der Waals surface area contributed by atoms with Crippen molar-refractivity contribution in [3.8, 4) is 22.6 Å². The predicted molar refractivity (Wildman–Crippen MR) is 106 cm³/mol. The van der Waals surface area contributed by atoms with Gasteiger partial charge in [-0.3, -0.25) is 4.99 Å². The van der Waals surface area contributed by atoms with E-state index in [9.17, 15) is 8.78 Å². The number of benzene rings is 3. The molecule has 0 N–H and O–H groups in total. The fraction of sp³-hybridized carbons (Fsp3) is 0.0435. The molecule has 0 spiro atoms. The van der Waals surface area contributed by atoms with Crippen LogP contribution in [0.4, 0.5) is 14.5 Å². The van der Waals surface area contributed by atoms with Crippen LogP contribution in [0.1, 0.15) is 11.1 Å². The van der Waals surface area contributed by atoms with E-state index in [1.807, 2.05) is 49.4 Å². The van der Waals surface area contributed by atoms with Crippen molar-refractivity contribution >= 4 is 11.9 Å². The number of hydrogen-bond donors (Lipinski definition) is 0. The van der Waals surface area contributed by atoms with Gasteiger partial charge in [-0.15, -0.1) is 0 Å². The lowest BCUT2D eigenvalue weighted by Crippen LogP contribution is -1.92. The van der Waals surface area contributed by atoms with Crippen molar-refractivity contribution in [3.63, 3.8) is 0 Å². The summed E-state index contributed by atoms with van der Waals surface area (Å²) < 4.78 is 32.8. The van der Waals surface area contributed by atoms with Crippen molar-refractivity contribution in [2.24, 2.45) is 4.99 Å². The number of nitrogens with zero attached hydrogens (tertiary/aromatic N) is 2. The third-order valence-electron chi connectivity index (χ3n) is 4.44. The second-order valence-corrected chi connectivity index (χ2v) is 6.31. The van der Waals surface area contributed by atoms with Crippen LogP contribution in [0, 0.1) is 18.6 Å². The third kappa shape index (κ3) is 3.60. The average Bonchev–Trinajstić information content (AvgIpc) is 3.23. The van der Waals surface area contributed by atoms with E-state index in [-0.39, 0.29) is 5.56 Å². The van der Waals surface area contributed by atoms with E-state index in [1.165, 1.54) is 24.4 Å². The lowest BCUT2D eigenvalue weighted by Gasteiger charge is -2.08. The van der Waals surface area contributed by atoms with Crippen LogP contribution in [-0.2, 0) is 0 Å². The molecule has 138 valence electrons. The molecule has 28 heavy (non-hydrogen) atoms. The van der Waals surface area contributed by atoms with Gasteiger partial charge in [0.25, 0.3) is 0 Å². The van der Waals surface area contributed by atoms with Crippen LogP contribution >= 0.6 is 0 Å². The first-order valence-electron chi connectivity index (χ1n) is 8.71. The molecule has 0 aliphatic rings. The van der Waals surface area contributed by atoms with Crippen LogP contribution in [0.15, 0.2) is 82.5 Å². The largest absolute Gasteiger partial charge is 0.445 e. The summed E-state index contributed by atoms with van der Waals surface area (Å²) in [5.74, 6) is -0.715. The Morgan fingerprint density at radius 2 is 1.64 bits per heavy atom. The van der Waals surface area contributed by atoms with Crippen molar-refractivity contribution < 1.29 is 13.2 Å². The molecule has 0 radical (unpaired) electrons. The minimum atomic E-state index is -0.639. The molecular formula is C23H16F2N2O. The molecule has 0 unspecified atom stereocenters. The van der Waals surface area contributed by atoms with Gasteiger partial charge >= 0.3 is 0 Å². The zero-order chi connectivity index (χ0) is 19.5. The maximum atomic E-state index is 13.7. The Labute approximate surface area is 161 Å². The van der Waals surface area contributed by atoms with Gasteiger partial charge in [-0.1, -0.05) is 24.3 Å². The van der Waals surface area contributed by atoms with E-state index in [2.05, 4.69) is 9.98 Å². The molecule has 4 rings (SSSR count). The number of rotatable bonds is 4. The van der Waals surface area contributed by atoms with Crippen molar-refractivity contribution in [1.82, 2.24) is 4.98 Å². The lowest BCUT2D eigenvalue weighted by atomic mass is 9.98. The van der Waals surface area contributed by atoms with Gasteiger partial charge in [-0.25, -0.2) is 13.8 Å². The van der Waals surface area contributed by atoms with Gasteiger partial charge < -0.3 is 4.42 Å². The maximum absolute atomic E-state index is 13.7. The van der Waals surface area contributed by atoms with Gasteiger partial charge in [0, 0.05) is 11.8 Å². The molecule has 0 fully saturated rings. The minimum absolute atomic E-state index is 0.152. The van der Waals surface area contributed by atoms with Crippen LogP contribution < -0.4 is 0 Å². The average molecular weight is 374 g/mol. The standard InChI is InChI=1S/C23H16F2N2O/c1-15-5-6-17(23-26-11-12-28-23)13-19(15)16-7-9-18(10-8-16)27-14-20-21(24)3-2-4-22(20)25/h2-14H,1H3. The first-order valence-corrected chi connectivity index (χ1v) is 8.71. The molecule has 0 atom stereocenters. The highest BCUT2D eigenvalue weighted by Crippen LogP contribution is 2.30. The lowest BCUT2D eigenvalue weighted by molar-refractivity contribution is 0.574. The van der Waals surface area contributed by atoms with E-state index in [0.29, 0.717) is 11.6 Å². The Balaban J connectivity index is 1.62. The molecule has 3 aromatic carbocycles. The minimum Gasteiger partial charge on any atom is -0.445 e. The summed E-state index contributed by atoms with van der Waals surface area (Å²) in [6.45, 7) is 2.03. The Morgan fingerprint density at radius 3 is 2.32 bits per heavy atom. The fourth-order valence-electron chi connectivity index (χ4n) is 2.93. The summed E-state index contributed by atoms with van der Waals surface area (Å²) >= 11 is 0. The van der Waals surface area contributed by atoms with E-state index in [4.69, 9.17) is 4.42 Å². The van der Waals surface area contributed by atoms with Gasteiger partial charge in [-0.05, 0) is 60.0 Å². The molecular weight excluding hydrogens is 358 g/mol. The number of halogens is 2. The van der Waals surface area contributed by atoms with Gasteiger partial charge in [0.15, 0.2) is 0 Å². The van der Waals surface area contributed by atoms with E-state index < -0.39 is 11.6 Å². The molecule has 0 saturated heterocycles. The monoisotopic (exact) mass is 374 g/mol. The molecule has 0 bridgehead atoms. The molecule has 0 saturated carbocycles. The topological polar surface area (TPSA) is 38.4 Å². The van der Waals surface area contributed by atoms with Crippen LogP contribution in [0.25, 0.3) is 22.6 Å². The van der Waals surface area contributed by atoms with Crippen molar-refractivity contribution in [3.05, 3.63) is 95.9 Å². The fourth-order valence-corrected chi connectivity index (χ4v) is 2.93. The van der Waals surface area contributed by atoms with Crippen LogP contribution in [0.2, 0.25) is 0 Å². The van der Waals surface area contributed by atoms with Crippen LogP contribution in [0.5, 0.6) is 0 Å². The smallest absolute Gasteiger partial charge is 0.225 e. The highest BCUT2D eigenvalue weighted by Gasteiger charge is 2.08. The predicted octanol–water partition coefficient (Wildman–Crippen LogP) is 6.35. The van der Waals surface area contributed by atoms with E-state index in [0.717, 1.165) is 22.3 Å². The quantitative estimate of drug-likeness (QED) is 0.391. The summed E-state index contributed by atoms with van der Waals surface area (Å²) in [7, 11) is 0. The van der Waals surface area contributed by atoms with Crippen LogP contribution in [-0.4, -0.2) is 11.2 Å². The second-order valence-electron chi connectivity index (χ2n) is 6.31.